The van der Waals surface area contributed by atoms with Crippen molar-refractivity contribution in [2.75, 3.05) is 46.8 Å². The van der Waals surface area contributed by atoms with E-state index in [-0.39, 0.29) is 0 Å². The van der Waals surface area contributed by atoms with Crippen molar-refractivity contribution in [2.24, 2.45) is 5.92 Å². The van der Waals surface area contributed by atoms with E-state index in [1.54, 1.807) is 0 Å². The van der Waals surface area contributed by atoms with Crippen molar-refractivity contribution in [3.8, 4) is 0 Å². The van der Waals surface area contributed by atoms with Crippen LogP contribution in [-0.4, -0.2) is 62.7 Å². The van der Waals surface area contributed by atoms with Gasteiger partial charge in [-0.15, -0.1) is 0 Å². The molecule has 16 heavy (non-hydrogen) atoms. The summed E-state index contributed by atoms with van der Waals surface area (Å²) in [5.74, 6) is 0.877. The van der Waals surface area contributed by atoms with Gasteiger partial charge in [0.05, 0.1) is 0 Å². The molecule has 0 aliphatic carbocycles. The number of hydrogen-bond acceptors (Lipinski definition) is 3. The Balaban J connectivity index is 2.05. The zero-order chi connectivity index (χ0) is 12.0. The van der Waals surface area contributed by atoms with Crippen molar-refractivity contribution < 1.29 is 0 Å². The van der Waals surface area contributed by atoms with Gasteiger partial charge in [0.1, 0.15) is 0 Å². The molecule has 1 rings (SSSR count). The lowest BCUT2D eigenvalue weighted by molar-refractivity contribution is 0.291. The van der Waals surface area contributed by atoms with Crippen molar-refractivity contribution in [1.82, 2.24) is 15.1 Å². The van der Waals surface area contributed by atoms with E-state index in [0.717, 1.165) is 5.92 Å². The number of hydrogen-bond donors (Lipinski definition) is 1. The zero-order valence-electron chi connectivity index (χ0n) is 11.5. The topological polar surface area (TPSA) is 18.5 Å². The highest BCUT2D eigenvalue weighted by molar-refractivity contribution is 4.77. The van der Waals surface area contributed by atoms with Crippen LogP contribution in [0.1, 0.15) is 26.7 Å². The van der Waals surface area contributed by atoms with Gasteiger partial charge in [-0.2, -0.15) is 0 Å². The number of likely N-dealkylation sites (tertiary alicyclic amines) is 1. The minimum atomic E-state index is 0.628. The smallest absolute Gasteiger partial charge is 0.00223 e. The fourth-order valence-electron chi connectivity index (χ4n) is 2.30. The minimum Gasteiger partial charge on any atom is -0.314 e. The van der Waals surface area contributed by atoms with E-state index >= 15 is 0 Å². The third-order valence-electron chi connectivity index (χ3n) is 3.26. The van der Waals surface area contributed by atoms with E-state index in [4.69, 9.17) is 0 Å². The monoisotopic (exact) mass is 227 g/mol. The Kier molecular flexibility index (Phi) is 6.32. The maximum absolute atomic E-state index is 3.55. The van der Waals surface area contributed by atoms with Crippen molar-refractivity contribution in [1.29, 1.82) is 0 Å². The predicted octanol–water partition coefficient (Wildman–Crippen LogP) is 1.26. The molecule has 3 heteroatoms. The molecule has 1 atom stereocenters. The SMILES string of the molecule is CC(C)NCC1CCN(CCCN(C)C)C1. The molecule has 3 nitrogen and oxygen atoms in total. The van der Waals surface area contributed by atoms with Crippen LogP contribution in [-0.2, 0) is 0 Å². The Morgan fingerprint density at radius 1 is 1.38 bits per heavy atom. The van der Waals surface area contributed by atoms with Gasteiger partial charge in [-0.1, -0.05) is 13.8 Å². The summed E-state index contributed by atoms with van der Waals surface area (Å²) in [6, 6.07) is 0.628. The van der Waals surface area contributed by atoms with E-state index in [1.165, 1.54) is 45.6 Å². The molecule has 0 saturated carbocycles. The van der Waals surface area contributed by atoms with Crippen LogP contribution in [0, 0.1) is 5.92 Å². The molecule has 0 aromatic rings. The molecular weight excluding hydrogens is 198 g/mol. The van der Waals surface area contributed by atoms with Crippen LogP contribution >= 0.6 is 0 Å². The Hall–Kier alpha value is -0.120. The summed E-state index contributed by atoms with van der Waals surface area (Å²) in [6.07, 6.45) is 2.68. The van der Waals surface area contributed by atoms with Crippen molar-refractivity contribution in [2.45, 2.75) is 32.7 Å². The second-order valence-electron chi connectivity index (χ2n) is 5.68. The molecule has 1 aliphatic rings. The molecule has 96 valence electrons. The summed E-state index contributed by atoms with van der Waals surface area (Å²) in [4.78, 5) is 4.89. The van der Waals surface area contributed by atoms with Gasteiger partial charge in [0.25, 0.3) is 0 Å². The first-order valence-electron chi connectivity index (χ1n) is 6.68. The third-order valence-corrected chi connectivity index (χ3v) is 3.26. The first kappa shape index (κ1) is 13.9. The van der Waals surface area contributed by atoms with Gasteiger partial charge >= 0.3 is 0 Å². The fourth-order valence-corrected chi connectivity index (χ4v) is 2.30. The molecule has 1 saturated heterocycles. The molecular formula is C13H29N3. The quantitative estimate of drug-likeness (QED) is 0.706. The molecule has 1 heterocycles. The summed E-state index contributed by atoms with van der Waals surface area (Å²) in [7, 11) is 4.30. The lowest BCUT2D eigenvalue weighted by atomic mass is 10.1. The van der Waals surface area contributed by atoms with Crippen LogP contribution < -0.4 is 5.32 Å². The van der Waals surface area contributed by atoms with E-state index in [0.29, 0.717) is 6.04 Å². The number of nitrogens with one attached hydrogen (secondary N) is 1. The van der Waals surface area contributed by atoms with E-state index < -0.39 is 0 Å². The molecule has 0 aromatic carbocycles. The maximum atomic E-state index is 3.55. The molecule has 0 bridgehead atoms. The standard InChI is InChI=1S/C13H29N3/c1-12(2)14-10-13-6-9-16(11-13)8-5-7-15(3)4/h12-14H,5-11H2,1-4H3. The third kappa shape index (κ3) is 5.83. The van der Waals surface area contributed by atoms with Gasteiger partial charge in [0.15, 0.2) is 0 Å². The zero-order valence-corrected chi connectivity index (χ0v) is 11.5. The molecule has 1 fully saturated rings. The van der Waals surface area contributed by atoms with Crippen LogP contribution in [0.3, 0.4) is 0 Å². The predicted molar refractivity (Wildman–Crippen MR) is 70.9 cm³/mol. The fraction of sp³-hybridized carbons (Fsp3) is 1.00. The van der Waals surface area contributed by atoms with E-state index in [9.17, 15) is 0 Å². The summed E-state index contributed by atoms with van der Waals surface area (Å²) < 4.78 is 0. The molecule has 1 N–H and O–H groups in total. The molecule has 1 aliphatic heterocycles. The normalized spacial score (nSPS) is 22.5. The average Bonchev–Trinajstić information content (AvgIpc) is 2.62. The molecule has 0 aromatic heterocycles. The van der Waals surface area contributed by atoms with Crippen molar-refractivity contribution in [3.63, 3.8) is 0 Å². The Bertz CT molecular complexity index is 180. The van der Waals surface area contributed by atoms with Crippen LogP contribution in [0.15, 0.2) is 0 Å². The van der Waals surface area contributed by atoms with E-state index in [2.05, 4.69) is 43.1 Å². The second-order valence-corrected chi connectivity index (χ2v) is 5.68. The first-order chi connectivity index (χ1) is 7.58. The Morgan fingerprint density at radius 3 is 2.75 bits per heavy atom. The molecule has 1 unspecified atom stereocenters. The van der Waals surface area contributed by atoms with Crippen LogP contribution in [0.5, 0.6) is 0 Å². The van der Waals surface area contributed by atoms with Crippen LogP contribution in [0.25, 0.3) is 0 Å². The molecule has 0 spiro atoms. The summed E-state index contributed by atoms with van der Waals surface area (Å²) in [6.45, 7) is 10.7. The van der Waals surface area contributed by atoms with Gasteiger partial charge in [-0.3, -0.25) is 0 Å². The van der Waals surface area contributed by atoms with Gasteiger partial charge in [-0.05, 0) is 59.0 Å². The molecule has 0 amide bonds. The van der Waals surface area contributed by atoms with E-state index in [1.807, 2.05) is 0 Å². The van der Waals surface area contributed by atoms with Gasteiger partial charge < -0.3 is 15.1 Å². The van der Waals surface area contributed by atoms with Crippen molar-refractivity contribution in [3.05, 3.63) is 0 Å². The molecule has 0 radical (unpaired) electrons. The van der Waals surface area contributed by atoms with Crippen LogP contribution in [0.4, 0.5) is 0 Å². The van der Waals surface area contributed by atoms with Gasteiger partial charge in [-0.25, -0.2) is 0 Å². The summed E-state index contributed by atoms with van der Waals surface area (Å²) in [5.41, 5.74) is 0. The first-order valence-corrected chi connectivity index (χ1v) is 6.68. The lowest BCUT2D eigenvalue weighted by Crippen LogP contribution is -2.31. The minimum absolute atomic E-state index is 0.628. The van der Waals surface area contributed by atoms with Gasteiger partial charge in [0.2, 0.25) is 0 Å². The highest BCUT2D eigenvalue weighted by atomic mass is 15.2. The highest BCUT2D eigenvalue weighted by Crippen LogP contribution is 2.15. The summed E-state index contributed by atoms with van der Waals surface area (Å²) >= 11 is 0. The number of rotatable bonds is 7. The largest absolute Gasteiger partial charge is 0.314 e. The number of nitrogens with zero attached hydrogens (tertiary/aromatic N) is 2. The highest BCUT2D eigenvalue weighted by Gasteiger charge is 2.21. The van der Waals surface area contributed by atoms with Crippen LogP contribution in [0.2, 0.25) is 0 Å². The Labute approximate surface area is 101 Å². The summed E-state index contributed by atoms with van der Waals surface area (Å²) in [5, 5.41) is 3.55. The van der Waals surface area contributed by atoms with Gasteiger partial charge in [0, 0.05) is 12.6 Å². The van der Waals surface area contributed by atoms with Crippen molar-refractivity contribution >= 4 is 0 Å². The maximum Gasteiger partial charge on any atom is 0.00223 e. The second kappa shape index (κ2) is 7.25. The average molecular weight is 227 g/mol. The lowest BCUT2D eigenvalue weighted by Gasteiger charge is -2.18. The Morgan fingerprint density at radius 2 is 2.12 bits per heavy atom.